The van der Waals surface area contributed by atoms with Crippen molar-refractivity contribution >= 4 is 23.3 Å². The third-order valence-corrected chi connectivity index (χ3v) is 2.66. The Morgan fingerprint density at radius 3 is 2.36 bits per heavy atom. The maximum absolute atomic E-state index is 11.3. The largest absolute Gasteiger partial charge is 0.465 e. The molecule has 0 saturated heterocycles. The van der Waals surface area contributed by atoms with E-state index in [-0.39, 0.29) is 10.6 Å². The Balaban J connectivity index is 3.19. The first-order valence-corrected chi connectivity index (χ1v) is 4.63. The van der Waals surface area contributed by atoms with Crippen molar-refractivity contribution in [3.8, 4) is 0 Å². The van der Waals surface area contributed by atoms with Gasteiger partial charge in [-0.3, -0.25) is 0 Å². The summed E-state index contributed by atoms with van der Waals surface area (Å²) in [5.74, 6) is -1.08. The van der Waals surface area contributed by atoms with Crippen LogP contribution in [0.4, 0.5) is 0 Å². The standard InChI is InChI=1S/C8H10NO4S/c1-9-4-14-6(8(11)13-3)5(9)7(10)12-2/h4H,1-3H3/q+1. The van der Waals surface area contributed by atoms with Crippen molar-refractivity contribution in [3.63, 3.8) is 0 Å². The van der Waals surface area contributed by atoms with E-state index in [0.29, 0.717) is 0 Å². The van der Waals surface area contributed by atoms with Gasteiger partial charge in [0.2, 0.25) is 5.51 Å². The van der Waals surface area contributed by atoms with Crippen LogP contribution in [0.15, 0.2) is 5.51 Å². The third kappa shape index (κ3) is 1.74. The first-order chi connectivity index (χ1) is 6.61. The first kappa shape index (κ1) is 10.6. The molecule has 0 radical (unpaired) electrons. The van der Waals surface area contributed by atoms with Gasteiger partial charge in [0.15, 0.2) is 4.88 Å². The minimum absolute atomic E-state index is 0.212. The molecule has 0 aromatic carbocycles. The highest BCUT2D eigenvalue weighted by Crippen LogP contribution is 2.13. The Bertz CT molecular complexity index is 371. The molecular formula is C8H10NO4S+. The van der Waals surface area contributed by atoms with Crippen molar-refractivity contribution in [3.05, 3.63) is 16.1 Å². The van der Waals surface area contributed by atoms with Crippen molar-refractivity contribution in [2.45, 2.75) is 0 Å². The van der Waals surface area contributed by atoms with Gasteiger partial charge in [-0.15, -0.1) is 0 Å². The van der Waals surface area contributed by atoms with Crippen LogP contribution in [0.2, 0.25) is 0 Å². The predicted octanol–water partition coefficient (Wildman–Crippen LogP) is 0.146. The lowest BCUT2D eigenvalue weighted by atomic mass is 10.3. The van der Waals surface area contributed by atoms with Crippen molar-refractivity contribution in [2.75, 3.05) is 14.2 Å². The average Bonchev–Trinajstić information content (AvgIpc) is 2.58. The van der Waals surface area contributed by atoms with Gasteiger partial charge in [-0.1, -0.05) is 11.3 Å². The molecule has 0 saturated carbocycles. The minimum Gasteiger partial charge on any atom is -0.465 e. The second kappa shape index (κ2) is 4.19. The van der Waals surface area contributed by atoms with Crippen LogP contribution in [0, 0.1) is 0 Å². The highest BCUT2D eigenvalue weighted by Gasteiger charge is 2.30. The molecule has 6 heteroatoms. The van der Waals surface area contributed by atoms with Crippen LogP contribution >= 0.6 is 11.3 Å². The number of rotatable bonds is 2. The number of methoxy groups -OCH3 is 2. The number of thiazole rings is 1. The molecule has 0 spiro atoms. The van der Waals surface area contributed by atoms with Crippen molar-refractivity contribution < 1.29 is 23.6 Å². The molecule has 0 aliphatic heterocycles. The number of carbonyl (C=O) groups excluding carboxylic acids is 2. The van der Waals surface area contributed by atoms with E-state index in [1.54, 1.807) is 12.6 Å². The number of ether oxygens (including phenoxy) is 2. The molecular weight excluding hydrogens is 206 g/mol. The fourth-order valence-corrected chi connectivity index (χ4v) is 1.86. The van der Waals surface area contributed by atoms with Crippen LogP contribution < -0.4 is 4.57 Å². The number of carbonyl (C=O) groups is 2. The topological polar surface area (TPSA) is 56.5 Å². The summed E-state index contributed by atoms with van der Waals surface area (Å²) in [5, 5.41) is 0. The van der Waals surface area contributed by atoms with Gasteiger partial charge in [0, 0.05) is 0 Å². The molecule has 1 heterocycles. The summed E-state index contributed by atoms with van der Waals surface area (Å²) >= 11 is 1.14. The lowest BCUT2D eigenvalue weighted by Gasteiger charge is -1.96. The van der Waals surface area contributed by atoms with E-state index < -0.39 is 11.9 Å². The van der Waals surface area contributed by atoms with Crippen LogP contribution in [0.5, 0.6) is 0 Å². The molecule has 76 valence electrons. The highest BCUT2D eigenvalue weighted by atomic mass is 32.1. The Labute approximate surface area is 84.9 Å². The molecule has 0 fully saturated rings. The lowest BCUT2D eigenvalue weighted by Crippen LogP contribution is -2.34. The number of aromatic nitrogens is 1. The third-order valence-electron chi connectivity index (χ3n) is 1.65. The average molecular weight is 216 g/mol. The number of nitrogens with zero attached hydrogens (tertiary/aromatic N) is 1. The monoisotopic (exact) mass is 216 g/mol. The van der Waals surface area contributed by atoms with E-state index in [1.807, 2.05) is 0 Å². The molecule has 1 aromatic rings. The lowest BCUT2D eigenvalue weighted by molar-refractivity contribution is -0.669. The van der Waals surface area contributed by atoms with Crippen LogP contribution in [-0.4, -0.2) is 26.2 Å². The van der Waals surface area contributed by atoms with Crippen LogP contribution in [0.3, 0.4) is 0 Å². The molecule has 1 aromatic heterocycles. The van der Waals surface area contributed by atoms with E-state index in [4.69, 9.17) is 0 Å². The zero-order valence-corrected chi connectivity index (χ0v) is 8.88. The number of hydrogen-bond acceptors (Lipinski definition) is 5. The fraction of sp³-hybridized carbons (Fsp3) is 0.375. The van der Waals surface area contributed by atoms with Crippen LogP contribution in [0.1, 0.15) is 20.2 Å². The molecule has 0 amide bonds. The Morgan fingerprint density at radius 2 is 1.86 bits per heavy atom. The van der Waals surface area contributed by atoms with Gasteiger partial charge < -0.3 is 9.47 Å². The van der Waals surface area contributed by atoms with E-state index in [0.717, 1.165) is 11.3 Å². The van der Waals surface area contributed by atoms with E-state index in [2.05, 4.69) is 9.47 Å². The molecule has 0 atom stereocenters. The molecule has 0 bridgehead atoms. The molecule has 0 aliphatic carbocycles. The van der Waals surface area contributed by atoms with Gasteiger partial charge in [0.1, 0.15) is 7.05 Å². The molecule has 0 unspecified atom stereocenters. The van der Waals surface area contributed by atoms with Gasteiger partial charge in [-0.05, 0) is 0 Å². The fourth-order valence-electron chi connectivity index (χ4n) is 0.971. The van der Waals surface area contributed by atoms with Crippen molar-refractivity contribution in [2.24, 2.45) is 7.05 Å². The summed E-state index contributed by atoms with van der Waals surface area (Å²) in [4.78, 5) is 22.8. The van der Waals surface area contributed by atoms with Gasteiger partial charge in [-0.2, -0.15) is 4.57 Å². The molecule has 1 rings (SSSR count). The smallest absolute Gasteiger partial charge is 0.405 e. The van der Waals surface area contributed by atoms with Crippen molar-refractivity contribution in [1.29, 1.82) is 0 Å². The Morgan fingerprint density at radius 1 is 1.29 bits per heavy atom. The zero-order chi connectivity index (χ0) is 10.7. The highest BCUT2D eigenvalue weighted by molar-refractivity contribution is 7.11. The molecule has 14 heavy (non-hydrogen) atoms. The normalized spacial score (nSPS) is 9.64. The SMILES string of the molecule is COC(=O)c1sc[n+](C)c1C(=O)OC. The maximum atomic E-state index is 11.3. The second-order valence-electron chi connectivity index (χ2n) is 2.50. The minimum atomic E-state index is -0.547. The summed E-state index contributed by atoms with van der Waals surface area (Å²) in [6.45, 7) is 0. The van der Waals surface area contributed by atoms with Gasteiger partial charge in [0.05, 0.1) is 14.2 Å². The Hall–Kier alpha value is -1.43. The predicted molar refractivity (Wildman–Crippen MR) is 48.2 cm³/mol. The van der Waals surface area contributed by atoms with E-state index >= 15 is 0 Å². The van der Waals surface area contributed by atoms with Crippen LogP contribution in [-0.2, 0) is 16.5 Å². The van der Waals surface area contributed by atoms with Crippen molar-refractivity contribution in [1.82, 2.24) is 0 Å². The van der Waals surface area contributed by atoms with Gasteiger partial charge >= 0.3 is 17.6 Å². The zero-order valence-electron chi connectivity index (χ0n) is 8.07. The summed E-state index contributed by atoms with van der Waals surface area (Å²) in [5.41, 5.74) is 1.85. The summed E-state index contributed by atoms with van der Waals surface area (Å²) in [6, 6.07) is 0. The van der Waals surface area contributed by atoms with Crippen LogP contribution in [0.25, 0.3) is 0 Å². The number of esters is 2. The number of aryl methyl sites for hydroxylation is 1. The Kier molecular flexibility index (Phi) is 3.19. The summed E-state index contributed by atoms with van der Waals surface area (Å²) in [7, 11) is 4.19. The number of hydrogen-bond donors (Lipinski definition) is 0. The first-order valence-electron chi connectivity index (χ1n) is 3.75. The molecule has 0 aliphatic rings. The van der Waals surface area contributed by atoms with Gasteiger partial charge in [-0.25, -0.2) is 9.59 Å². The second-order valence-corrected chi connectivity index (χ2v) is 3.35. The summed E-state index contributed by atoms with van der Waals surface area (Å²) < 4.78 is 10.6. The van der Waals surface area contributed by atoms with E-state index in [1.165, 1.54) is 18.8 Å². The summed E-state index contributed by atoms with van der Waals surface area (Å²) in [6.07, 6.45) is 0. The maximum Gasteiger partial charge on any atom is 0.405 e. The van der Waals surface area contributed by atoms with E-state index in [9.17, 15) is 9.59 Å². The molecule has 0 N–H and O–H groups in total. The molecule has 5 nitrogen and oxygen atoms in total. The quantitative estimate of drug-likeness (QED) is 0.521. The van der Waals surface area contributed by atoms with Gasteiger partial charge in [0.25, 0.3) is 0 Å².